The predicted octanol–water partition coefficient (Wildman–Crippen LogP) is 1.58. The highest BCUT2D eigenvalue weighted by Gasteiger charge is 2.12. The number of methoxy groups -OCH3 is 1. The lowest BCUT2D eigenvalue weighted by Gasteiger charge is -2.20. The molecular weight excluding hydrogens is 228 g/mol. The molecule has 0 bridgehead atoms. The maximum Gasteiger partial charge on any atom is 0.159 e. The topological polar surface area (TPSA) is 32.7 Å². The molecule has 1 aromatic carbocycles. The Morgan fingerprint density at radius 2 is 2.06 bits per heavy atom. The van der Waals surface area contributed by atoms with Crippen LogP contribution >= 0.6 is 0 Å². The summed E-state index contributed by atoms with van der Waals surface area (Å²) in [6.45, 7) is 1.56. The molecule has 0 spiro atoms. The number of hydrogen-bond acceptors (Lipinski definition) is 3. The van der Waals surface area contributed by atoms with Gasteiger partial charge in [-0.05, 0) is 24.7 Å². The molecule has 0 aromatic heterocycles. The van der Waals surface area contributed by atoms with Crippen molar-refractivity contribution in [3.63, 3.8) is 0 Å². The van der Waals surface area contributed by atoms with Crippen LogP contribution in [0.5, 0.6) is 0 Å². The van der Waals surface area contributed by atoms with E-state index < -0.39 is 17.7 Å². The smallest absolute Gasteiger partial charge is 0.159 e. The predicted molar refractivity (Wildman–Crippen MR) is 60.7 cm³/mol. The number of halogens is 2. The van der Waals surface area contributed by atoms with Crippen LogP contribution in [-0.2, 0) is 4.74 Å². The Balaban J connectivity index is 2.57. The minimum absolute atomic E-state index is 0.342. The average Bonchev–Trinajstić information content (AvgIpc) is 2.30. The largest absolute Gasteiger partial charge is 0.387 e. The minimum Gasteiger partial charge on any atom is -0.387 e. The van der Waals surface area contributed by atoms with Gasteiger partial charge in [-0.25, -0.2) is 8.78 Å². The Morgan fingerprint density at radius 3 is 2.65 bits per heavy atom. The molecule has 0 radical (unpaired) electrons. The SMILES string of the molecule is COCCN(C)CC(O)c1ccc(F)c(F)c1. The summed E-state index contributed by atoms with van der Waals surface area (Å²) in [7, 11) is 3.42. The molecule has 17 heavy (non-hydrogen) atoms. The number of aliphatic hydroxyl groups excluding tert-OH is 1. The van der Waals surface area contributed by atoms with E-state index in [1.165, 1.54) is 6.07 Å². The van der Waals surface area contributed by atoms with Crippen LogP contribution in [0.25, 0.3) is 0 Å². The van der Waals surface area contributed by atoms with Gasteiger partial charge in [-0.1, -0.05) is 6.07 Å². The second-order valence-corrected chi connectivity index (χ2v) is 3.94. The Labute approximate surface area is 99.6 Å². The fraction of sp³-hybridized carbons (Fsp3) is 0.500. The highest BCUT2D eigenvalue weighted by molar-refractivity contribution is 5.20. The second-order valence-electron chi connectivity index (χ2n) is 3.94. The summed E-state index contributed by atoms with van der Waals surface area (Å²) in [5.74, 6) is -1.85. The van der Waals surface area contributed by atoms with Crippen molar-refractivity contribution < 1.29 is 18.6 Å². The molecule has 0 aliphatic carbocycles. The molecule has 0 amide bonds. The summed E-state index contributed by atoms with van der Waals surface area (Å²) in [4.78, 5) is 1.86. The molecule has 0 saturated heterocycles. The van der Waals surface area contributed by atoms with Crippen molar-refractivity contribution >= 4 is 0 Å². The van der Waals surface area contributed by atoms with Crippen LogP contribution in [0.2, 0.25) is 0 Å². The molecule has 1 aromatic rings. The summed E-state index contributed by atoms with van der Waals surface area (Å²) in [6, 6.07) is 3.42. The van der Waals surface area contributed by atoms with E-state index in [-0.39, 0.29) is 0 Å². The fourth-order valence-corrected chi connectivity index (χ4v) is 1.46. The number of likely N-dealkylation sites (N-methyl/N-ethyl adjacent to an activating group) is 1. The molecule has 96 valence electrons. The molecule has 1 unspecified atom stereocenters. The maximum atomic E-state index is 13.0. The zero-order valence-corrected chi connectivity index (χ0v) is 9.99. The quantitative estimate of drug-likeness (QED) is 0.826. The lowest BCUT2D eigenvalue weighted by atomic mass is 10.1. The number of ether oxygens (including phenoxy) is 1. The van der Waals surface area contributed by atoms with Gasteiger partial charge in [0, 0.05) is 20.2 Å². The van der Waals surface area contributed by atoms with Gasteiger partial charge in [0.05, 0.1) is 12.7 Å². The molecule has 1 rings (SSSR count). The van der Waals surface area contributed by atoms with E-state index in [1.807, 2.05) is 11.9 Å². The number of benzene rings is 1. The first kappa shape index (κ1) is 14.0. The van der Waals surface area contributed by atoms with Crippen molar-refractivity contribution in [2.24, 2.45) is 0 Å². The molecule has 5 heteroatoms. The van der Waals surface area contributed by atoms with Gasteiger partial charge in [-0.15, -0.1) is 0 Å². The van der Waals surface area contributed by atoms with Crippen molar-refractivity contribution in [1.82, 2.24) is 4.90 Å². The molecule has 3 nitrogen and oxygen atoms in total. The van der Waals surface area contributed by atoms with Gasteiger partial charge in [-0.2, -0.15) is 0 Å². The van der Waals surface area contributed by atoms with Crippen molar-refractivity contribution in [2.75, 3.05) is 33.9 Å². The summed E-state index contributed by atoms with van der Waals surface area (Å²) in [5, 5.41) is 9.83. The highest BCUT2D eigenvalue weighted by Crippen LogP contribution is 2.16. The standard InChI is InChI=1S/C12H17F2NO2/c1-15(5-6-17-2)8-12(16)9-3-4-10(13)11(14)7-9/h3-4,7,12,16H,5-6,8H2,1-2H3. The van der Waals surface area contributed by atoms with Crippen molar-refractivity contribution in [3.05, 3.63) is 35.4 Å². The third kappa shape index (κ3) is 4.38. The van der Waals surface area contributed by atoms with Gasteiger partial charge < -0.3 is 14.7 Å². The zero-order chi connectivity index (χ0) is 12.8. The molecule has 1 atom stereocenters. The van der Waals surface area contributed by atoms with Gasteiger partial charge in [0.1, 0.15) is 0 Å². The van der Waals surface area contributed by atoms with E-state index in [2.05, 4.69) is 0 Å². The summed E-state index contributed by atoms with van der Waals surface area (Å²) in [5.41, 5.74) is 0.369. The molecule has 0 fully saturated rings. The van der Waals surface area contributed by atoms with Crippen LogP contribution in [0.3, 0.4) is 0 Å². The maximum absolute atomic E-state index is 13.0. The Hall–Kier alpha value is -1.04. The van der Waals surface area contributed by atoms with Crippen LogP contribution in [0, 0.1) is 11.6 Å². The molecule has 1 N–H and O–H groups in total. The summed E-state index contributed by atoms with van der Waals surface area (Å²) >= 11 is 0. The lowest BCUT2D eigenvalue weighted by molar-refractivity contribution is 0.103. The van der Waals surface area contributed by atoms with Gasteiger partial charge >= 0.3 is 0 Å². The van der Waals surface area contributed by atoms with Gasteiger partial charge in [0.2, 0.25) is 0 Å². The highest BCUT2D eigenvalue weighted by atomic mass is 19.2. The number of hydrogen-bond donors (Lipinski definition) is 1. The third-order valence-corrected chi connectivity index (χ3v) is 2.49. The Kier molecular flexibility index (Phi) is 5.47. The van der Waals surface area contributed by atoms with E-state index in [4.69, 9.17) is 4.74 Å². The zero-order valence-electron chi connectivity index (χ0n) is 9.99. The van der Waals surface area contributed by atoms with Gasteiger partial charge in [0.15, 0.2) is 11.6 Å². The van der Waals surface area contributed by atoms with Gasteiger partial charge in [0.25, 0.3) is 0 Å². The first-order chi connectivity index (χ1) is 8.04. The third-order valence-electron chi connectivity index (χ3n) is 2.49. The van der Waals surface area contributed by atoms with Crippen LogP contribution in [0.15, 0.2) is 18.2 Å². The second kappa shape index (κ2) is 6.64. The van der Waals surface area contributed by atoms with Crippen molar-refractivity contribution in [2.45, 2.75) is 6.10 Å². The molecule has 0 heterocycles. The van der Waals surface area contributed by atoms with E-state index in [0.29, 0.717) is 25.3 Å². The first-order valence-corrected chi connectivity index (χ1v) is 5.35. The molecule has 0 aliphatic rings. The minimum atomic E-state index is -0.943. The normalized spacial score (nSPS) is 13.1. The number of aliphatic hydroxyl groups is 1. The van der Waals surface area contributed by atoms with Gasteiger partial charge in [-0.3, -0.25) is 0 Å². The van der Waals surface area contributed by atoms with Crippen LogP contribution < -0.4 is 0 Å². The lowest BCUT2D eigenvalue weighted by Crippen LogP contribution is -2.27. The first-order valence-electron chi connectivity index (χ1n) is 5.35. The Morgan fingerprint density at radius 1 is 1.35 bits per heavy atom. The van der Waals surface area contributed by atoms with E-state index in [9.17, 15) is 13.9 Å². The monoisotopic (exact) mass is 245 g/mol. The number of nitrogens with zero attached hydrogens (tertiary/aromatic N) is 1. The summed E-state index contributed by atoms with van der Waals surface area (Å²) < 4.78 is 30.6. The van der Waals surface area contributed by atoms with Crippen LogP contribution in [0.1, 0.15) is 11.7 Å². The Bertz CT molecular complexity index is 360. The van der Waals surface area contributed by atoms with Crippen molar-refractivity contribution in [3.8, 4) is 0 Å². The fourth-order valence-electron chi connectivity index (χ4n) is 1.46. The van der Waals surface area contributed by atoms with E-state index in [0.717, 1.165) is 12.1 Å². The summed E-state index contributed by atoms with van der Waals surface area (Å²) in [6.07, 6.45) is -0.841. The average molecular weight is 245 g/mol. The molecule has 0 aliphatic heterocycles. The van der Waals surface area contributed by atoms with E-state index in [1.54, 1.807) is 7.11 Å². The van der Waals surface area contributed by atoms with E-state index >= 15 is 0 Å². The van der Waals surface area contributed by atoms with Crippen LogP contribution in [0.4, 0.5) is 8.78 Å². The molecule has 0 saturated carbocycles. The molecular formula is C12H17F2NO2. The van der Waals surface area contributed by atoms with Crippen LogP contribution in [-0.4, -0.2) is 43.9 Å². The number of rotatable bonds is 6. The van der Waals surface area contributed by atoms with Crippen molar-refractivity contribution in [1.29, 1.82) is 0 Å².